The highest BCUT2D eigenvalue weighted by atomic mass is 28.3. The van der Waals surface area contributed by atoms with Crippen molar-refractivity contribution in [3.05, 3.63) is 29.2 Å². The van der Waals surface area contributed by atoms with Crippen molar-refractivity contribution in [2.75, 3.05) is 31.8 Å². The number of carbonyl (C=O) groups is 1. The molecule has 1 aromatic carbocycles. The van der Waals surface area contributed by atoms with Crippen LogP contribution in [0.4, 0.5) is 10.1 Å². The van der Waals surface area contributed by atoms with Crippen LogP contribution in [0.3, 0.4) is 0 Å². The van der Waals surface area contributed by atoms with Crippen molar-refractivity contribution in [2.45, 2.75) is 78.4 Å². The molecular weight excluding hydrogens is 537 g/mol. The fourth-order valence-corrected chi connectivity index (χ4v) is 7.41. The fourth-order valence-electron chi connectivity index (χ4n) is 6.65. The highest BCUT2D eigenvalue weighted by molar-refractivity contribution is 6.76. The predicted molar refractivity (Wildman–Crippen MR) is 161 cm³/mol. The standard InChI is InChI=1S/C31H44FN5O3Si/c1-19(20-7-9-39-10-8-20)30(38)36(3)22-14-24(32)28-25(15-22)33-29(34-28)27-23-13-21-16-31(21,2)17-26(23)37(35-27)18-40-11-12-41(4,5)6/h14-15,19-21H,7-13,16-18H2,1-6H3,(H,33,34)/t19?,21-,31-/m1/s1. The van der Waals surface area contributed by atoms with Crippen LogP contribution in [0.2, 0.25) is 25.7 Å². The largest absolute Gasteiger partial charge is 0.381 e. The number of imidazole rings is 1. The number of nitrogens with one attached hydrogen (secondary N) is 1. The van der Waals surface area contributed by atoms with E-state index in [2.05, 4.69) is 31.5 Å². The zero-order valence-corrected chi connectivity index (χ0v) is 26.3. The molecule has 222 valence electrons. The van der Waals surface area contributed by atoms with E-state index in [9.17, 15) is 4.79 Å². The lowest BCUT2D eigenvalue weighted by Gasteiger charge is -2.30. The average molecular weight is 582 g/mol. The van der Waals surface area contributed by atoms with Crippen LogP contribution in [0.1, 0.15) is 44.4 Å². The highest BCUT2D eigenvalue weighted by Crippen LogP contribution is 2.60. The van der Waals surface area contributed by atoms with Gasteiger partial charge in [0.15, 0.2) is 11.6 Å². The van der Waals surface area contributed by atoms with Crippen molar-refractivity contribution in [3.63, 3.8) is 0 Å². The van der Waals surface area contributed by atoms with Crippen molar-refractivity contribution in [2.24, 2.45) is 23.2 Å². The van der Waals surface area contributed by atoms with Gasteiger partial charge in [-0.25, -0.2) is 14.1 Å². The third kappa shape index (κ3) is 5.62. The number of ether oxygens (including phenoxy) is 2. The van der Waals surface area contributed by atoms with Crippen LogP contribution in [-0.2, 0) is 33.8 Å². The average Bonchev–Trinajstić information content (AvgIpc) is 3.24. The Labute approximate surface area is 243 Å². The van der Waals surface area contributed by atoms with Crippen molar-refractivity contribution in [1.82, 2.24) is 19.7 Å². The number of rotatable bonds is 9. The molecule has 3 aliphatic rings. The Balaban J connectivity index is 1.27. The van der Waals surface area contributed by atoms with Gasteiger partial charge in [0.25, 0.3) is 0 Å². The summed E-state index contributed by atoms with van der Waals surface area (Å²) in [4.78, 5) is 22.9. The second-order valence-electron chi connectivity index (χ2n) is 14.1. The number of hydrogen-bond donors (Lipinski definition) is 1. The topological polar surface area (TPSA) is 85.3 Å². The molecule has 0 spiro atoms. The van der Waals surface area contributed by atoms with E-state index < -0.39 is 13.9 Å². The van der Waals surface area contributed by atoms with E-state index in [1.54, 1.807) is 18.0 Å². The number of benzene rings is 1. The van der Waals surface area contributed by atoms with Gasteiger partial charge in [0, 0.05) is 57.8 Å². The molecule has 0 radical (unpaired) electrons. The van der Waals surface area contributed by atoms with Gasteiger partial charge in [0.2, 0.25) is 5.91 Å². The number of aromatic nitrogens is 4. The first-order chi connectivity index (χ1) is 19.4. The summed E-state index contributed by atoms with van der Waals surface area (Å²) in [6.45, 7) is 13.9. The van der Waals surface area contributed by atoms with E-state index in [-0.39, 0.29) is 17.7 Å². The Bertz CT molecular complexity index is 1460. The third-order valence-corrected chi connectivity index (χ3v) is 11.5. The predicted octanol–water partition coefficient (Wildman–Crippen LogP) is 6.03. The van der Waals surface area contributed by atoms with E-state index >= 15 is 4.39 Å². The maximum absolute atomic E-state index is 15.5. The first-order valence-electron chi connectivity index (χ1n) is 15.1. The molecule has 41 heavy (non-hydrogen) atoms. The molecule has 1 saturated heterocycles. The van der Waals surface area contributed by atoms with Crippen LogP contribution >= 0.6 is 0 Å². The van der Waals surface area contributed by atoms with Crippen LogP contribution in [0.15, 0.2) is 12.1 Å². The molecule has 1 aliphatic heterocycles. The molecule has 3 atom stereocenters. The molecule has 2 fully saturated rings. The summed E-state index contributed by atoms with van der Waals surface area (Å²) in [7, 11) is 0.539. The normalized spacial score (nSPS) is 23.3. The molecule has 1 N–H and O–H groups in total. The molecule has 3 aromatic rings. The quantitative estimate of drug-likeness (QED) is 0.246. The third-order valence-electron chi connectivity index (χ3n) is 9.77. The van der Waals surface area contributed by atoms with Crippen LogP contribution in [-0.4, -0.2) is 60.6 Å². The second-order valence-corrected chi connectivity index (χ2v) is 19.7. The first kappa shape index (κ1) is 28.6. The van der Waals surface area contributed by atoms with Crippen molar-refractivity contribution >= 4 is 30.7 Å². The minimum atomic E-state index is -1.18. The molecule has 2 aromatic heterocycles. The minimum Gasteiger partial charge on any atom is -0.381 e. The van der Waals surface area contributed by atoms with Gasteiger partial charge in [-0.2, -0.15) is 5.10 Å². The van der Waals surface area contributed by atoms with Gasteiger partial charge in [-0.05, 0) is 67.5 Å². The number of hydrogen-bond acceptors (Lipinski definition) is 5. The lowest BCUT2D eigenvalue weighted by Crippen LogP contribution is -2.37. The molecule has 1 amide bonds. The number of carbonyl (C=O) groups excluding carboxylic acids is 1. The van der Waals surface area contributed by atoms with E-state index in [4.69, 9.17) is 19.6 Å². The Hall–Kier alpha value is -2.56. The number of nitrogens with zero attached hydrogens (tertiary/aromatic N) is 4. The van der Waals surface area contributed by atoms with Gasteiger partial charge < -0.3 is 19.4 Å². The zero-order chi connectivity index (χ0) is 29.1. The van der Waals surface area contributed by atoms with Gasteiger partial charge in [-0.15, -0.1) is 0 Å². The summed E-state index contributed by atoms with van der Waals surface area (Å²) in [5.74, 6) is 0.909. The lowest BCUT2D eigenvalue weighted by molar-refractivity contribution is -0.124. The number of amides is 1. The van der Waals surface area contributed by atoms with Gasteiger partial charge in [0.1, 0.15) is 17.9 Å². The minimum absolute atomic E-state index is 0.0131. The summed E-state index contributed by atoms with van der Waals surface area (Å²) >= 11 is 0. The highest BCUT2D eigenvalue weighted by Gasteiger charge is 2.54. The van der Waals surface area contributed by atoms with Gasteiger partial charge in [-0.1, -0.05) is 33.5 Å². The van der Waals surface area contributed by atoms with Gasteiger partial charge >= 0.3 is 0 Å². The molecule has 2 aliphatic carbocycles. The Morgan fingerprint density at radius 1 is 1.32 bits per heavy atom. The monoisotopic (exact) mass is 581 g/mol. The number of aromatic amines is 1. The molecule has 8 nitrogen and oxygen atoms in total. The Morgan fingerprint density at radius 2 is 2.07 bits per heavy atom. The summed E-state index contributed by atoms with van der Waals surface area (Å²) in [5, 5.41) is 4.98. The van der Waals surface area contributed by atoms with Crippen molar-refractivity contribution in [1.29, 1.82) is 0 Å². The fraction of sp³-hybridized carbons (Fsp3) is 0.645. The SMILES string of the molecule is CC(C(=O)N(C)c1cc(F)c2[nH]c(-c3nn(COCC[Si](C)(C)C)c4c3C[C@@H]3C[C@]3(C)C4)nc2c1)C1CCOCC1. The van der Waals surface area contributed by atoms with Gasteiger partial charge in [0.05, 0.1) is 5.52 Å². The Morgan fingerprint density at radius 3 is 2.80 bits per heavy atom. The summed E-state index contributed by atoms with van der Waals surface area (Å²) in [5.41, 5.74) is 4.90. The van der Waals surface area contributed by atoms with E-state index in [0.29, 0.717) is 53.8 Å². The molecular formula is C31H44FN5O3Si. The van der Waals surface area contributed by atoms with E-state index in [1.807, 2.05) is 11.6 Å². The maximum atomic E-state index is 15.5. The zero-order valence-electron chi connectivity index (χ0n) is 25.3. The summed E-state index contributed by atoms with van der Waals surface area (Å²) in [6, 6.07) is 4.34. The van der Waals surface area contributed by atoms with Gasteiger partial charge in [-0.3, -0.25) is 4.79 Å². The number of fused-ring (bicyclic) bond motifs is 3. The molecule has 1 saturated carbocycles. The molecule has 10 heteroatoms. The van der Waals surface area contributed by atoms with Crippen LogP contribution in [0.5, 0.6) is 0 Å². The number of anilines is 1. The first-order valence-corrected chi connectivity index (χ1v) is 18.9. The Kier molecular flexibility index (Phi) is 7.39. The smallest absolute Gasteiger partial charge is 0.229 e. The van der Waals surface area contributed by atoms with Crippen LogP contribution < -0.4 is 4.90 Å². The molecule has 0 bridgehead atoms. The molecule has 6 rings (SSSR count). The number of halogens is 1. The number of H-pyrrole nitrogens is 1. The summed E-state index contributed by atoms with van der Waals surface area (Å²) < 4.78 is 29.0. The maximum Gasteiger partial charge on any atom is 0.229 e. The molecule has 3 heterocycles. The van der Waals surface area contributed by atoms with Crippen molar-refractivity contribution in [3.8, 4) is 11.5 Å². The van der Waals surface area contributed by atoms with E-state index in [0.717, 1.165) is 44.0 Å². The van der Waals surface area contributed by atoms with Crippen LogP contribution in [0.25, 0.3) is 22.6 Å². The van der Waals surface area contributed by atoms with E-state index in [1.165, 1.54) is 23.7 Å². The van der Waals surface area contributed by atoms with Crippen molar-refractivity contribution < 1.29 is 18.7 Å². The molecule has 1 unspecified atom stereocenters. The summed E-state index contributed by atoms with van der Waals surface area (Å²) in [6.07, 6.45) is 4.91. The lowest BCUT2D eigenvalue weighted by atomic mass is 9.86. The second kappa shape index (κ2) is 10.6. The van der Waals surface area contributed by atoms with Crippen LogP contribution in [0, 0.1) is 29.0 Å².